The van der Waals surface area contributed by atoms with Gasteiger partial charge in [0.1, 0.15) is 0 Å². The Hall–Kier alpha value is -1.00. The van der Waals surface area contributed by atoms with Crippen LogP contribution in [0.15, 0.2) is 29.2 Å². The van der Waals surface area contributed by atoms with E-state index in [1.165, 1.54) is 6.42 Å². The lowest BCUT2D eigenvalue weighted by molar-refractivity contribution is 0.0671. The van der Waals surface area contributed by atoms with Crippen LogP contribution in [0, 0.1) is 5.92 Å². The van der Waals surface area contributed by atoms with Gasteiger partial charge in [0.2, 0.25) is 0 Å². The summed E-state index contributed by atoms with van der Waals surface area (Å²) in [4.78, 5) is 15.7. The molecule has 3 nitrogen and oxygen atoms in total. The minimum Gasteiger partial charge on any atom is -0.338 e. The molecule has 1 heterocycles. The smallest absolute Gasteiger partial charge is 0.254 e. The number of amides is 1. The first-order chi connectivity index (χ1) is 9.26. The lowest BCUT2D eigenvalue weighted by Crippen LogP contribution is -2.42. The molecule has 1 fully saturated rings. The summed E-state index contributed by atoms with van der Waals surface area (Å²) in [6.07, 6.45) is 4.35. The van der Waals surface area contributed by atoms with Crippen molar-refractivity contribution in [1.82, 2.24) is 10.2 Å². The van der Waals surface area contributed by atoms with Crippen molar-refractivity contribution >= 4 is 17.7 Å². The van der Waals surface area contributed by atoms with E-state index in [9.17, 15) is 4.79 Å². The molecule has 1 saturated heterocycles. The predicted octanol–water partition coefficient (Wildman–Crippen LogP) is 2.48. The topological polar surface area (TPSA) is 32.3 Å². The van der Waals surface area contributed by atoms with Crippen LogP contribution in [-0.2, 0) is 0 Å². The zero-order valence-electron chi connectivity index (χ0n) is 11.7. The van der Waals surface area contributed by atoms with Crippen molar-refractivity contribution in [2.75, 3.05) is 32.9 Å². The number of carbonyl (C=O) groups excluding carboxylic acids is 1. The molecule has 1 aromatic carbocycles. The molecule has 1 atom stereocenters. The van der Waals surface area contributed by atoms with Gasteiger partial charge >= 0.3 is 0 Å². The average molecular weight is 278 g/mol. The van der Waals surface area contributed by atoms with Crippen LogP contribution in [0.3, 0.4) is 0 Å². The third kappa shape index (κ3) is 3.51. The second-order valence-electron chi connectivity index (χ2n) is 5.02. The summed E-state index contributed by atoms with van der Waals surface area (Å²) in [5, 5.41) is 3.22. The van der Waals surface area contributed by atoms with Crippen molar-refractivity contribution in [1.29, 1.82) is 0 Å². The highest BCUT2D eigenvalue weighted by molar-refractivity contribution is 7.98. The van der Waals surface area contributed by atoms with E-state index in [-0.39, 0.29) is 5.91 Å². The summed E-state index contributed by atoms with van der Waals surface area (Å²) in [6, 6.07) is 7.90. The molecule has 1 unspecified atom stereocenters. The van der Waals surface area contributed by atoms with Gasteiger partial charge in [0, 0.05) is 18.0 Å². The molecule has 0 spiro atoms. The molecule has 1 aliphatic rings. The first-order valence-electron chi connectivity index (χ1n) is 6.83. The number of carbonyl (C=O) groups is 1. The van der Waals surface area contributed by atoms with Crippen molar-refractivity contribution < 1.29 is 4.79 Å². The Morgan fingerprint density at radius 3 is 3.00 bits per heavy atom. The first kappa shape index (κ1) is 14.4. The van der Waals surface area contributed by atoms with Gasteiger partial charge in [0.15, 0.2) is 0 Å². The zero-order chi connectivity index (χ0) is 13.7. The zero-order valence-corrected chi connectivity index (χ0v) is 12.5. The third-order valence-electron chi connectivity index (χ3n) is 3.64. The molecule has 0 radical (unpaired) electrons. The number of nitrogens with one attached hydrogen (secondary N) is 1. The van der Waals surface area contributed by atoms with Crippen molar-refractivity contribution in [3.05, 3.63) is 29.8 Å². The van der Waals surface area contributed by atoms with Crippen LogP contribution in [0.1, 0.15) is 23.2 Å². The maximum Gasteiger partial charge on any atom is 0.254 e. The Bertz CT molecular complexity index is 434. The van der Waals surface area contributed by atoms with E-state index < -0.39 is 0 Å². The number of piperidine rings is 1. The van der Waals surface area contributed by atoms with Crippen LogP contribution in [0.4, 0.5) is 0 Å². The summed E-state index contributed by atoms with van der Waals surface area (Å²) in [5.74, 6) is 0.773. The highest BCUT2D eigenvalue weighted by Crippen LogP contribution is 2.24. The van der Waals surface area contributed by atoms with E-state index in [0.29, 0.717) is 5.92 Å². The van der Waals surface area contributed by atoms with Crippen molar-refractivity contribution in [3.8, 4) is 0 Å². The van der Waals surface area contributed by atoms with Gasteiger partial charge in [-0.2, -0.15) is 0 Å². The quantitative estimate of drug-likeness (QED) is 0.859. The van der Waals surface area contributed by atoms with E-state index in [0.717, 1.165) is 36.5 Å². The van der Waals surface area contributed by atoms with Crippen LogP contribution in [-0.4, -0.2) is 43.7 Å². The van der Waals surface area contributed by atoms with Crippen LogP contribution in [0.5, 0.6) is 0 Å². The second kappa shape index (κ2) is 6.96. The molecule has 4 heteroatoms. The van der Waals surface area contributed by atoms with Crippen LogP contribution in [0.25, 0.3) is 0 Å². The van der Waals surface area contributed by atoms with Crippen LogP contribution >= 0.6 is 11.8 Å². The maximum atomic E-state index is 12.6. The molecule has 0 aromatic heterocycles. The number of thioether (sulfide) groups is 1. The molecule has 0 aliphatic carbocycles. The molecule has 19 heavy (non-hydrogen) atoms. The van der Waals surface area contributed by atoms with E-state index in [4.69, 9.17) is 0 Å². The molecule has 1 aliphatic heterocycles. The maximum absolute atomic E-state index is 12.6. The SMILES string of the molecule is CNCC1CCCN(C(=O)c2ccccc2SC)C1. The number of nitrogens with zero attached hydrogens (tertiary/aromatic N) is 1. The van der Waals surface area contributed by atoms with Gasteiger partial charge in [0.25, 0.3) is 5.91 Å². The fourth-order valence-electron chi connectivity index (χ4n) is 2.70. The van der Waals surface area contributed by atoms with E-state index in [1.54, 1.807) is 11.8 Å². The second-order valence-corrected chi connectivity index (χ2v) is 5.87. The monoisotopic (exact) mass is 278 g/mol. The van der Waals surface area contributed by atoms with Gasteiger partial charge in [-0.1, -0.05) is 12.1 Å². The highest BCUT2D eigenvalue weighted by atomic mass is 32.2. The summed E-state index contributed by atoms with van der Waals surface area (Å²) < 4.78 is 0. The Balaban J connectivity index is 2.10. The van der Waals surface area contributed by atoms with Gasteiger partial charge in [-0.3, -0.25) is 4.79 Å². The molecule has 1 aromatic rings. The number of likely N-dealkylation sites (tertiary alicyclic amines) is 1. The number of benzene rings is 1. The molecule has 104 valence electrons. The highest BCUT2D eigenvalue weighted by Gasteiger charge is 2.25. The number of hydrogen-bond acceptors (Lipinski definition) is 3. The summed E-state index contributed by atoms with van der Waals surface area (Å²) in [6.45, 7) is 2.76. The Morgan fingerprint density at radius 2 is 2.26 bits per heavy atom. The molecular formula is C15H22N2OS. The van der Waals surface area contributed by atoms with Crippen LogP contribution < -0.4 is 5.32 Å². The molecule has 1 amide bonds. The van der Waals surface area contributed by atoms with E-state index in [1.807, 2.05) is 42.5 Å². The van der Waals surface area contributed by atoms with E-state index in [2.05, 4.69) is 5.32 Å². The lowest BCUT2D eigenvalue weighted by Gasteiger charge is -2.33. The molecular weight excluding hydrogens is 256 g/mol. The lowest BCUT2D eigenvalue weighted by atomic mass is 9.97. The molecule has 1 N–H and O–H groups in total. The largest absolute Gasteiger partial charge is 0.338 e. The van der Waals surface area contributed by atoms with Gasteiger partial charge < -0.3 is 10.2 Å². The van der Waals surface area contributed by atoms with Gasteiger partial charge in [-0.25, -0.2) is 0 Å². The van der Waals surface area contributed by atoms with Crippen LogP contribution in [0.2, 0.25) is 0 Å². The Kier molecular flexibility index (Phi) is 5.28. The van der Waals surface area contributed by atoms with Gasteiger partial charge in [-0.05, 0) is 50.7 Å². The average Bonchev–Trinajstić information content (AvgIpc) is 2.47. The molecule has 2 rings (SSSR count). The summed E-state index contributed by atoms with van der Waals surface area (Å²) >= 11 is 1.64. The molecule has 0 saturated carbocycles. The number of rotatable bonds is 4. The standard InChI is InChI=1S/C15H22N2OS/c1-16-10-12-6-5-9-17(11-12)15(18)13-7-3-4-8-14(13)19-2/h3-4,7-8,12,16H,5-6,9-11H2,1-2H3. The van der Waals surface area contributed by atoms with Gasteiger partial charge in [0.05, 0.1) is 5.56 Å². The normalized spacial score (nSPS) is 19.5. The number of hydrogen-bond donors (Lipinski definition) is 1. The molecule has 0 bridgehead atoms. The first-order valence-corrected chi connectivity index (χ1v) is 8.05. The minimum atomic E-state index is 0.186. The minimum absolute atomic E-state index is 0.186. The summed E-state index contributed by atoms with van der Waals surface area (Å²) in [5.41, 5.74) is 0.847. The van der Waals surface area contributed by atoms with Crippen molar-refractivity contribution in [2.45, 2.75) is 17.7 Å². The van der Waals surface area contributed by atoms with Crippen molar-refractivity contribution in [3.63, 3.8) is 0 Å². The fraction of sp³-hybridized carbons (Fsp3) is 0.533. The van der Waals surface area contributed by atoms with E-state index >= 15 is 0 Å². The Labute approximate surface area is 119 Å². The van der Waals surface area contributed by atoms with Crippen molar-refractivity contribution in [2.24, 2.45) is 5.92 Å². The fourth-order valence-corrected chi connectivity index (χ4v) is 3.29. The third-order valence-corrected chi connectivity index (χ3v) is 4.43. The predicted molar refractivity (Wildman–Crippen MR) is 80.8 cm³/mol. The summed E-state index contributed by atoms with van der Waals surface area (Å²) in [7, 11) is 1.98. The van der Waals surface area contributed by atoms with Gasteiger partial charge in [-0.15, -0.1) is 11.8 Å². The Morgan fingerprint density at radius 1 is 1.47 bits per heavy atom.